The number of thiophene rings is 1. The fourth-order valence-corrected chi connectivity index (χ4v) is 4.41. The number of nitrogens with two attached hydrogens (primary N) is 1. The zero-order valence-corrected chi connectivity index (χ0v) is 16.6. The van der Waals surface area contributed by atoms with Crippen LogP contribution in [-0.4, -0.2) is 30.5 Å². The Bertz CT molecular complexity index is 926. The van der Waals surface area contributed by atoms with Crippen LogP contribution in [0.3, 0.4) is 0 Å². The number of aryl methyl sites for hydroxylation is 1. The van der Waals surface area contributed by atoms with Crippen molar-refractivity contribution >= 4 is 34.1 Å². The number of fused-ring (bicyclic) bond motifs is 1. The average Bonchev–Trinajstić information content (AvgIpc) is 3.05. The van der Waals surface area contributed by atoms with E-state index in [1.54, 1.807) is 0 Å². The molecule has 1 aromatic carbocycles. The molecule has 1 aliphatic rings. The first-order chi connectivity index (χ1) is 13.8. The lowest BCUT2D eigenvalue weighted by Crippen LogP contribution is -2.30. The van der Waals surface area contributed by atoms with Crippen molar-refractivity contribution in [2.24, 2.45) is 5.73 Å². The number of ether oxygens (including phenoxy) is 2. The largest absolute Gasteiger partial charge is 0.479 e. The number of carbonyl (C=O) groups is 3. The lowest BCUT2D eigenvalue weighted by atomic mass is 9.95. The van der Waals surface area contributed by atoms with Crippen molar-refractivity contribution in [3.8, 4) is 5.75 Å². The van der Waals surface area contributed by atoms with Gasteiger partial charge in [0.1, 0.15) is 16.6 Å². The van der Waals surface area contributed by atoms with Gasteiger partial charge in [0.15, 0.2) is 12.7 Å². The summed E-state index contributed by atoms with van der Waals surface area (Å²) < 4.78 is 23.2. The number of halogens is 1. The number of amides is 2. The third kappa shape index (κ3) is 5.11. The van der Waals surface area contributed by atoms with Gasteiger partial charge in [-0.3, -0.25) is 9.59 Å². The third-order valence-corrected chi connectivity index (χ3v) is 5.68. The molecule has 2 amide bonds. The molecule has 3 N–H and O–H groups in total. The summed E-state index contributed by atoms with van der Waals surface area (Å²) in [5.74, 6) is -2.03. The SMILES string of the molecule is C[C@H](Oc1ccc(F)cc1)C(=O)OCC(=O)Nc1sc2c(c1C(N)=O)CCCC2. The number of carbonyl (C=O) groups excluding carboxylic acids is 3. The smallest absolute Gasteiger partial charge is 0.347 e. The van der Waals surface area contributed by atoms with Crippen molar-refractivity contribution in [2.75, 3.05) is 11.9 Å². The van der Waals surface area contributed by atoms with Crippen LogP contribution in [0.2, 0.25) is 0 Å². The number of anilines is 1. The van der Waals surface area contributed by atoms with Crippen molar-refractivity contribution in [1.82, 2.24) is 0 Å². The van der Waals surface area contributed by atoms with Crippen LogP contribution in [0.25, 0.3) is 0 Å². The summed E-state index contributed by atoms with van der Waals surface area (Å²) in [7, 11) is 0. The summed E-state index contributed by atoms with van der Waals surface area (Å²) in [6, 6.07) is 5.18. The number of benzene rings is 1. The lowest BCUT2D eigenvalue weighted by molar-refractivity contribution is -0.153. The molecule has 3 rings (SSSR count). The van der Waals surface area contributed by atoms with E-state index < -0.39 is 36.3 Å². The number of nitrogens with one attached hydrogen (secondary N) is 1. The van der Waals surface area contributed by atoms with Crippen molar-refractivity contribution < 1.29 is 28.2 Å². The number of rotatable bonds is 7. The normalized spacial score (nSPS) is 13.9. The second-order valence-electron chi connectivity index (χ2n) is 6.65. The van der Waals surface area contributed by atoms with Gasteiger partial charge in [0.2, 0.25) is 0 Å². The van der Waals surface area contributed by atoms with Gasteiger partial charge in [-0.05, 0) is 62.4 Å². The van der Waals surface area contributed by atoms with Crippen LogP contribution < -0.4 is 15.8 Å². The standard InChI is InChI=1S/C20H21FN2O5S/c1-11(28-13-8-6-12(21)7-9-13)20(26)27-10-16(24)23-19-17(18(22)25)14-4-2-3-5-15(14)29-19/h6-9,11H,2-5,10H2,1H3,(H2,22,25)(H,23,24)/t11-/m0/s1. The second kappa shape index (κ2) is 9.04. The monoisotopic (exact) mass is 420 g/mol. The van der Waals surface area contributed by atoms with E-state index in [4.69, 9.17) is 15.2 Å². The van der Waals surface area contributed by atoms with Gasteiger partial charge in [0.05, 0.1) is 5.56 Å². The lowest BCUT2D eigenvalue weighted by Gasteiger charge is -2.14. The number of hydrogen-bond acceptors (Lipinski definition) is 6. The molecule has 0 radical (unpaired) electrons. The summed E-state index contributed by atoms with van der Waals surface area (Å²) in [4.78, 5) is 37.1. The van der Waals surface area contributed by atoms with E-state index in [9.17, 15) is 18.8 Å². The molecule has 0 spiro atoms. The molecule has 0 unspecified atom stereocenters. The van der Waals surface area contributed by atoms with Gasteiger partial charge < -0.3 is 20.5 Å². The maximum absolute atomic E-state index is 12.9. The molecule has 154 valence electrons. The molecule has 0 fully saturated rings. The van der Waals surface area contributed by atoms with E-state index in [2.05, 4.69) is 5.32 Å². The molecule has 1 heterocycles. The molecule has 1 atom stereocenters. The van der Waals surface area contributed by atoms with Gasteiger partial charge in [-0.15, -0.1) is 11.3 Å². The average molecular weight is 420 g/mol. The third-order valence-electron chi connectivity index (χ3n) is 4.47. The van der Waals surface area contributed by atoms with Crippen LogP contribution in [0.1, 0.15) is 40.6 Å². The molecule has 2 aromatic rings. The zero-order valence-electron chi connectivity index (χ0n) is 15.8. The van der Waals surface area contributed by atoms with E-state index in [0.29, 0.717) is 16.3 Å². The molecule has 0 saturated heterocycles. The Hall–Kier alpha value is -2.94. The van der Waals surface area contributed by atoms with Gasteiger partial charge in [-0.2, -0.15) is 0 Å². The van der Waals surface area contributed by atoms with Gasteiger partial charge >= 0.3 is 5.97 Å². The summed E-state index contributed by atoms with van der Waals surface area (Å²) in [5, 5.41) is 3.01. The Balaban J connectivity index is 1.56. The molecule has 1 aromatic heterocycles. The summed E-state index contributed by atoms with van der Waals surface area (Å²) >= 11 is 1.33. The Labute approximate surface area is 171 Å². The number of esters is 1. The van der Waals surface area contributed by atoms with Gasteiger partial charge in [-0.1, -0.05) is 0 Å². The van der Waals surface area contributed by atoms with E-state index in [-0.39, 0.29) is 0 Å². The first-order valence-electron chi connectivity index (χ1n) is 9.18. The van der Waals surface area contributed by atoms with Crippen LogP contribution in [-0.2, 0) is 27.2 Å². The van der Waals surface area contributed by atoms with Crippen molar-refractivity contribution in [3.63, 3.8) is 0 Å². The second-order valence-corrected chi connectivity index (χ2v) is 7.75. The minimum Gasteiger partial charge on any atom is -0.479 e. The number of hydrogen-bond donors (Lipinski definition) is 2. The highest BCUT2D eigenvalue weighted by atomic mass is 32.1. The number of primary amides is 1. The maximum Gasteiger partial charge on any atom is 0.347 e. The molecule has 0 aliphatic heterocycles. The summed E-state index contributed by atoms with van der Waals surface area (Å²) in [5.41, 5.74) is 6.74. The Morgan fingerprint density at radius 1 is 1.21 bits per heavy atom. The predicted octanol–water partition coefficient (Wildman–Crippen LogP) is 2.81. The zero-order chi connectivity index (χ0) is 21.0. The highest BCUT2D eigenvalue weighted by molar-refractivity contribution is 7.17. The maximum atomic E-state index is 12.9. The first kappa shape index (κ1) is 20.8. The minimum atomic E-state index is -0.983. The van der Waals surface area contributed by atoms with Gasteiger partial charge in [0.25, 0.3) is 11.8 Å². The van der Waals surface area contributed by atoms with Crippen molar-refractivity contribution in [3.05, 3.63) is 46.1 Å². The molecule has 29 heavy (non-hydrogen) atoms. The highest BCUT2D eigenvalue weighted by Gasteiger charge is 2.25. The molecule has 0 saturated carbocycles. The van der Waals surface area contributed by atoms with Crippen LogP contribution in [0.4, 0.5) is 9.39 Å². The van der Waals surface area contributed by atoms with E-state index >= 15 is 0 Å². The fourth-order valence-electron chi connectivity index (χ4n) is 3.10. The first-order valence-corrected chi connectivity index (χ1v) is 10.00. The van der Waals surface area contributed by atoms with Crippen molar-refractivity contribution in [1.29, 1.82) is 0 Å². The van der Waals surface area contributed by atoms with Gasteiger partial charge in [0, 0.05) is 4.88 Å². The Morgan fingerprint density at radius 2 is 1.90 bits per heavy atom. The highest BCUT2D eigenvalue weighted by Crippen LogP contribution is 2.37. The van der Waals surface area contributed by atoms with Gasteiger partial charge in [-0.25, -0.2) is 9.18 Å². The molecular formula is C20H21FN2O5S. The van der Waals surface area contributed by atoms with E-state index in [0.717, 1.165) is 36.1 Å². The molecule has 0 bridgehead atoms. The van der Waals surface area contributed by atoms with Crippen LogP contribution in [0, 0.1) is 5.82 Å². The van der Waals surface area contributed by atoms with E-state index in [1.165, 1.54) is 42.5 Å². The van der Waals surface area contributed by atoms with E-state index in [1.807, 2.05) is 0 Å². The summed E-state index contributed by atoms with van der Waals surface area (Å²) in [6.07, 6.45) is 2.63. The predicted molar refractivity (Wildman–Crippen MR) is 106 cm³/mol. The van der Waals surface area contributed by atoms with Crippen molar-refractivity contribution in [2.45, 2.75) is 38.7 Å². The topological polar surface area (TPSA) is 108 Å². The summed E-state index contributed by atoms with van der Waals surface area (Å²) in [6.45, 7) is 0.929. The quantitative estimate of drug-likeness (QED) is 0.670. The molecule has 7 nitrogen and oxygen atoms in total. The fraction of sp³-hybridized carbons (Fsp3) is 0.350. The van der Waals surface area contributed by atoms with Crippen LogP contribution >= 0.6 is 11.3 Å². The Morgan fingerprint density at radius 3 is 2.59 bits per heavy atom. The molecular weight excluding hydrogens is 399 g/mol. The molecule has 1 aliphatic carbocycles. The Kier molecular flexibility index (Phi) is 6.48. The van der Waals surface area contributed by atoms with Crippen LogP contribution in [0.15, 0.2) is 24.3 Å². The van der Waals surface area contributed by atoms with Crippen LogP contribution in [0.5, 0.6) is 5.75 Å². The minimum absolute atomic E-state index is 0.301. The molecule has 9 heteroatoms.